The number of fused-ring (bicyclic) bond motifs is 1. The van der Waals surface area contributed by atoms with Crippen LogP contribution < -0.4 is 9.47 Å². The van der Waals surface area contributed by atoms with Crippen molar-refractivity contribution in [2.24, 2.45) is 5.92 Å². The Morgan fingerprint density at radius 3 is 2.96 bits per heavy atom. The van der Waals surface area contributed by atoms with Crippen molar-refractivity contribution in [1.82, 2.24) is 4.90 Å². The Morgan fingerprint density at radius 2 is 2.17 bits per heavy atom. The van der Waals surface area contributed by atoms with E-state index in [1.54, 1.807) is 0 Å². The van der Waals surface area contributed by atoms with Crippen molar-refractivity contribution in [3.8, 4) is 11.5 Å². The minimum absolute atomic E-state index is 0.104. The van der Waals surface area contributed by atoms with Crippen LogP contribution in [0, 0.1) is 5.92 Å². The highest BCUT2D eigenvalue weighted by Gasteiger charge is 2.34. The molecule has 0 unspecified atom stereocenters. The quantitative estimate of drug-likeness (QED) is 0.781. The van der Waals surface area contributed by atoms with Gasteiger partial charge in [0.1, 0.15) is 5.37 Å². The van der Waals surface area contributed by atoms with E-state index in [2.05, 4.69) is 24.8 Å². The van der Waals surface area contributed by atoms with Crippen LogP contribution in [-0.2, 0) is 4.79 Å². The lowest BCUT2D eigenvalue weighted by molar-refractivity contribution is -0.136. The average molecular weight is 335 g/mol. The van der Waals surface area contributed by atoms with E-state index in [1.165, 1.54) is 0 Å². The number of nitrogens with zero attached hydrogens (tertiary/aromatic N) is 1. The molecule has 1 saturated heterocycles. The molecule has 2 aliphatic heterocycles. The van der Waals surface area contributed by atoms with Gasteiger partial charge in [-0.05, 0) is 30.5 Å². The predicted octanol–water partition coefficient (Wildman–Crippen LogP) is 4.21. The molecule has 0 aliphatic carbocycles. The zero-order chi connectivity index (χ0) is 16.2. The molecule has 0 N–H and O–H groups in total. The number of hydrogen-bond acceptors (Lipinski definition) is 4. The number of rotatable bonds is 6. The Hall–Kier alpha value is -1.36. The van der Waals surface area contributed by atoms with Gasteiger partial charge in [-0.3, -0.25) is 4.79 Å². The molecular formula is C18H25NO3S. The van der Waals surface area contributed by atoms with E-state index in [0.29, 0.717) is 5.91 Å². The number of benzene rings is 1. The van der Waals surface area contributed by atoms with Gasteiger partial charge >= 0.3 is 0 Å². The fraction of sp³-hybridized carbons (Fsp3) is 0.611. The Kier molecular flexibility index (Phi) is 5.36. The Morgan fingerprint density at radius 1 is 1.35 bits per heavy atom. The Bertz CT molecular complexity index is 563. The predicted molar refractivity (Wildman–Crippen MR) is 92.8 cm³/mol. The summed E-state index contributed by atoms with van der Waals surface area (Å²) in [5, 5.41) is 0.104. The lowest BCUT2D eigenvalue weighted by atomic mass is 9.97. The van der Waals surface area contributed by atoms with Crippen LogP contribution in [0.25, 0.3) is 0 Å². The maximum atomic E-state index is 13.0. The lowest BCUT2D eigenvalue weighted by Gasteiger charge is -2.28. The minimum Gasteiger partial charge on any atom is -0.454 e. The van der Waals surface area contributed by atoms with Gasteiger partial charge in [-0.1, -0.05) is 32.8 Å². The third kappa shape index (κ3) is 3.44. The molecular weight excluding hydrogens is 310 g/mol. The van der Waals surface area contributed by atoms with Crippen LogP contribution in [0.3, 0.4) is 0 Å². The van der Waals surface area contributed by atoms with Gasteiger partial charge in [0.2, 0.25) is 12.7 Å². The van der Waals surface area contributed by atoms with Crippen LogP contribution in [0.4, 0.5) is 0 Å². The van der Waals surface area contributed by atoms with Crippen LogP contribution in [0.2, 0.25) is 0 Å². The summed E-state index contributed by atoms with van der Waals surface area (Å²) in [5.41, 5.74) is 1.13. The molecule has 1 aromatic carbocycles. The van der Waals surface area contributed by atoms with Crippen LogP contribution in [-0.4, -0.2) is 29.9 Å². The Balaban J connectivity index is 1.75. The van der Waals surface area contributed by atoms with Crippen molar-refractivity contribution in [2.45, 2.75) is 44.9 Å². The number of hydrogen-bond donors (Lipinski definition) is 0. The summed E-state index contributed by atoms with van der Waals surface area (Å²) in [7, 11) is 0. The van der Waals surface area contributed by atoms with Crippen LogP contribution in [0.1, 0.15) is 50.5 Å². The molecule has 0 saturated carbocycles. The second kappa shape index (κ2) is 7.47. The van der Waals surface area contributed by atoms with Crippen molar-refractivity contribution in [3.63, 3.8) is 0 Å². The second-order valence-electron chi connectivity index (χ2n) is 6.11. The van der Waals surface area contributed by atoms with Crippen molar-refractivity contribution in [1.29, 1.82) is 0 Å². The standard InChI is InChI=1S/C18H25NO3S/c1-3-5-6-13(4-2)17(20)19-9-10-23-18(19)14-7-8-15-16(11-14)22-12-21-15/h7-8,11,13,18H,3-6,9-10,12H2,1-2H3/t13-,18-/m1/s1. The fourth-order valence-corrected chi connectivity index (χ4v) is 4.48. The number of amides is 1. The summed E-state index contributed by atoms with van der Waals surface area (Å²) in [6.45, 7) is 5.43. The third-order valence-corrected chi connectivity index (χ3v) is 5.86. The molecule has 0 spiro atoms. The molecule has 5 heteroatoms. The first kappa shape index (κ1) is 16.5. The molecule has 1 fully saturated rings. The number of thioether (sulfide) groups is 1. The molecule has 23 heavy (non-hydrogen) atoms. The smallest absolute Gasteiger partial charge is 0.231 e. The van der Waals surface area contributed by atoms with Crippen LogP contribution in [0.15, 0.2) is 18.2 Å². The van der Waals surface area contributed by atoms with E-state index in [-0.39, 0.29) is 18.1 Å². The van der Waals surface area contributed by atoms with E-state index in [0.717, 1.165) is 55.0 Å². The first-order valence-electron chi connectivity index (χ1n) is 8.56. The summed E-state index contributed by atoms with van der Waals surface area (Å²) in [6.07, 6.45) is 4.19. The molecule has 126 valence electrons. The summed E-state index contributed by atoms with van der Waals surface area (Å²) in [5.74, 6) is 3.05. The van der Waals surface area contributed by atoms with Gasteiger partial charge in [0.25, 0.3) is 0 Å². The molecule has 1 aromatic rings. The minimum atomic E-state index is 0.104. The van der Waals surface area contributed by atoms with E-state index in [1.807, 2.05) is 23.9 Å². The molecule has 0 radical (unpaired) electrons. The summed E-state index contributed by atoms with van der Waals surface area (Å²) in [6, 6.07) is 6.04. The normalized spacial score (nSPS) is 20.8. The molecule has 0 aromatic heterocycles. The molecule has 2 aliphatic rings. The number of carbonyl (C=O) groups excluding carboxylic acids is 1. The van der Waals surface area contributed by atoms with Gasteiger partial charge in [-0.25, -0.2) is 0 Å². The summed E-state index contributed by atoms with van der Waals surface area (Å²) < 4.78 is 10.9. The van der Waals surface area contributed by atoms with Crippen molar-refractivity contribution < 1.29 is 14.3 Å². The van der Waals surface area contributed by atoms with Crippen molar-refractivity contribution >= 4 is 17.7 Å². The maximum Gasteiger partial charge on any atom is 0.231 e. The SMILES string of the molecule is CCCC[C@@H](CC)C(=O)N1CCS[C@@H]1c1ccc2c(c1)OCO2. The zero-order valence-electron chi connectivity index (χ0n) is 13.9. The second-order valence-corrected chi connectivity index (χ2v) is 7.30. The van der Waals surface area contributed by atoms with E-state index in [4.69, 9.17) is 9.47 Å². The van der Waals surface area contributed by atoms with Gasteiger partial charge in [0.15, 0.2) is 11.5 Å². The van der Waals surface area contributed by atoms with Crippen LogP contribution >= 0.6 is 11.8 Å². The third-order valence-electron chi connectivity index (χ3n) is 4.60. The fourth-order valence-electron chi connectivity index (χ4n) is 3.23. The average Bonchev–Trinajstić information content (AvgIpc) is 3.23. The highest BCUT2D eigenvalue weighted by molar-refractivity contribution is 7.99. The van der Waals surface area contributed by atoms with E-state index >= 15 is 0 Å². The molecule has 0 bridgehead atoms. The first-order valence-corrected chi connectivity index (χ1v) is 9.61. The largest absolute Gasteiger partial charge is 0.454 e. The van der Waals surface area contributed by atoms with E-state index in [9.17, 15) is 4.79 Å². The van der Waals surface area contributed by atoms with Gasteiger partial charge < -0.3 is 14.4 Å². The topological polar surface area (TPSA) is 38.8 Å². The Labute approximate surface area is 142 Å². The molecule has 2 atom stereocenters. The summed E-state index contributed by atoms with van der Waals surface area (Å²) in [4.78, 5) is 15.0. The van der Waals surface area contributed by atoms with Crippen molar-refractivity contribution in [3.05, 3.63) is 23.8 Å². The van der Waals surface area contributed by atoms with E-state index < -0.39 is 0 Å². The molecule has 1 amide bonds. The zero-order valence-corrected chi connectivity index (χ0v) is 14.7. The highest BCUT2D eigenvalue weighted by atomic mass is 32.2. The maximum absolute atomic E-state index is 13.0. The van der Waals surface area contributed by atoms with Gasteiger partial charge in [-0.15, -0.1) is 11.8 Å². The molecule has 2 heterocycles. The summed E-state index contributed by atoms with van der Waals surface area (Å²) >= 11 is 1.84. The molecule has 4 nitrogen and oxygen atoms in total. The number of unbranched alkanes of at least 4 members (excludes halogenated alkanes) is 1. The van der Waals surface area contributed by atoms with Crippen LogP contribution in [0.5, 0.6) is 11.5 Å². The van der Waals surface area contributed by atoms with Gasteiger partial charge in [0, 0.05) is 18.2 Å². The first-order chi connectivity index (χ1) is 11.2. The number of ether oxygens (including phenoxy) is 2. The van der Waals surface area contributed by atoms with Crippen molar-refractivity contribution in [2.75, 3.05) is 19.1 Å². The monoisotopic (exact) mass is 335 g/mol. The highest BCUT2D eigenvalue weighted by Crippen LogP contribution is 2.43. The van der Waals surface area contributed by atoms with Gasteiger partial charge in [-0.2, -0.15) is 0 Å². The lowest BCUT2D eigenvalue weighted by Crippen LogP contribution is -2.35. The number of carbonyl (C=O) groups is 1. The van der Waals surface area contributed by atoms with Gasteiger partial charge in [0.05, 0.1) is 0 Å². The molecule has 3 rings (SSSR count).